The Balaban J connectivity index is 1.83. The molecule has 0 amide bonds. The van der Waals surface area contributed by atoms with Gasteiger partial charge in [0, 0.05) is 12.6 Å². The summed E-state index contributed by atoms with van der Waals surface area (Å²) in [5.74, 6) is -0.555. The highest BCUT2D eigenvalue weighted by Gasteiger charge is 2.09. The SMILES string of the molecule is O=C(O)c1cc(CNCc2ccsc2)on1. The van der Waals surface area contributed by atoms with E-state index in [1.165, 1.54) is 11.6 Å². The molecule has 0 aliphatic rings. The molecular weight excluding hydrogens is 228 g/mol. The summed E-state index contributed by atoms with van der Waals surface area (Å²) in [6.45, 7) is 1.20. The minimum atomic E-state index is -1.08. The van der Waals surface area contributed by atoms with E-state index in [4.69, 9.17) is 9.63 Å². The van der Waals surface area contributed by atoms with Crippen molar-refractivity contribution in [2.45, 2.75) is 13.1 Å². The van der Waals surface area contributed by atoms with Crippen molar-refractivity contribution in [3.63, 3.8) is 0 Å². The zero-order chi connectivity index (χ0) is 11.4. The molecule has 2 aromatic rings. The van der Waals surface area contributed by atoms with Gasteiger partial charge in [-0.1, -0.05) is 5.16 Å². The third-order valence-corrected chi connectivity index (χ3v) is 2.72. The molecule has 2 N–H and O–H groups in total. The summed E-state index contributed by atoms with van der Waals surface area (Å²) in [5.41, 5.74) is 1.13. The zero-order valence-electron chi connectivity index (χ0n) is 8.34. The van der Waals surface area contributed by atoms with Crippen molar-refractivity contribution in [3.8, 4) is 0 Å². The Kier molecular flexibility index (Phi) is 3.33. The Hall–Kier alpha value is -1.66. The number of carbonyl (C=O) groups is 1. The molecule has 0 spiro atoms. The van der Waals surface area contributed by atoms with E-state index in [0.717, 1.165) is 6.54 Å². The number of carboxylic acids is 1. The van der Waals surface area contributed by atoms with Gasteiger partial charge in [-0.15, -0.1) is 0 Å². The molecule has 0 aliphatic heterocycles. The van der Waals surface area contributed by atoms with E-state index >= 15 is 0 Å². The molecule has 2 heterocycles. The molecule has 0 saturated carbocycles. The van der Waals surface area contributed by atoms with E-state index in [-0.39, 0.29) is 5.69 Å². The lowest BCUT2D eigenvalue weighted by molar-refractivity contribution is 0.0685. The monoisotopic (exact) mass is 238 g/mol. The number of carboxylic acid groups (broad SMARTS) is 1. The van der Waals surface area contributed by atoms with Gasteiger partial charge in [-0.05, 0) is 22.4 Å². The summed E-state index contributed by atoms with van der Waals surface area (Å²) >= 11 is 1.64. The summed E-state index contributed by atoms with van der Waals surface area (Å²) in [7, 11) is 0. The first-order chi connectivity index (χ1) is 7.75. The Morgan fingerprint density at radius 3 is 3.06 bits per heavy atom. The largest absolute Gasteiger partial charge is 0.476 e. The first kappa shape index (κ1) is 10.8. The smallest absolute Gasteiger partial charge is 0.358 e. The maximum atomic E-state index is 10.5. The quantitative estimate of drug-likeness (QED) is 0.829. The Morgan fingerprint density at radius 1 is 1.56 bits per heavy atom. The van der Waals surface area contributed by atoms with Crippen LogP contribution in [0, 0.1) is 0 Å². The average molecular weight is 238 g/mol. The van der Waals surface area contributed by atoms with Crippen LogP contribution >= 0.6 is 11.3 Å². The molecule has 0 aliphatic carbocycles. The van der Waals surface area contributed by atoms with Crippen LogP contribution in [-0.4, -0.2) is 16.2 Å². The summed E-state index contributed by atoms with van der Waals surface area (Å²) in [6, 6.07) is 3.45. The topological polar surface area (TPSA) is 75.4 Å². The van der Waals surface area contributed by atoms with Crippen LogP contribution in [0.5, 0.6) is 0 Å². The lowest BCUT2D eigenvalue weighted by atomic mass is 10.3. The van der Waals surface area contributed by atoms with Crippen molar-refractivity contribution in [1.29, 1.82) is 0 Å². The van der Waals surface area contributed by atoms with E-state index in [9.17, 15) is 4.79 Å². The average Bonchev–Trinajstić information content (AvgIpc) is 2.87. The molecule has 0 fully saturated rings. The number of nitrogens with zero attached hydrogens (tertiary/aromatic N) is 1. The number of nitrogens with one attached hydrogen (secondary N) is 1. The Labute approximate surface area is 95.7 Å². The highest BCUT2D eigenvalue weighted by atomic mass is 32.1. The van der Waals surface area contributed by atoms with Crippen LogP contribution in [0.3, 0.4) is 0 Å². The third kappa shape index (κ3) is 2.68. The predicted octanol–water partition coefficient (Wildman–Crippen LogP) is 1.72. The second-order valence-electron chi connectivity index (χ2n) is 3.22. The molecule has 0 unspecified atom stereocenters. The second kappa shape index (κ2) is 4.91. The van der Waals surface area contributed by atoms with Gasteiger partial charge < -0.3 is 14.9 Å². The Morgan fingerprint density at radius 2 is 2.44 bits per heavy atom. The third-order valence-electron chi connectivity index (χ3n) is 1.99. The number of aromatic carboxylic acids is 1. The summed E-state index contributed by atoms with van der Waals surface area (Å²) in [5, 5.41) is 19.2. The fourth-order valence-electron chi connectivity index (χ4n) is 1.22. The zero-order valence-corrected chi connectivity index (χ0v) is 9.16. The molecule has 0 aromatic carbocycles. The van der Waals surface area contributed by atoms with E-state index in [2.05, 4.69) is 15.9 Å². The van der Waals surface area contributed by atoms with Crippen molar-refractivity contribution >= 4 is 17.3 Å². The number of aromatic nitrogens is 1. The molecule has 5 nitrogen and oxygen atoms in total. The predicted molar refractivity (Wildman–Crippen MR) is 58.3 cm³/mol. The minimum Gasteiger partial charge on any atom is -0.476 e. The molecule has 0 atom stereocenters. The van der Waals surface area contributed by atoms with E-state index in [0.29, 0.717) is 12.3 Å². The lowest BCUT2D eigenvalue weighted by Gasteiger charge is -1.98. The van der Waals surface area contributed by atoms with Crippen LogP contribution < -0.4 is 5.32 Å². The number of hydrogen-bond acceptors (Lipinski definition) is 5. The highest BCUT2D eigenvalue weighted by Crippen LogP contribution is 2.06. The molecular formula is C10H10N2O3S. The molecule has 84 valence electrons. The van der Waals surface area contributed by atoms with Crippen LogP contribution in [-0.2, 0) is 13.1 Å². The standard InChI is InChI=1S/C10H10N2O3S/c13-10(14)9-3-8(15-12-9)5-11-4-7-1-2-16-6-7/h1-3,6,11H,4-5H2,(H,13,14). The van der Waals surface area contributed by atoms with Crippen LogP contribution in [0.15, 0.2) is 27.4 Å². The molecule has 0 radical (unpaired) electrons. The minimum absolute atomic E-state index is 0.0627. The van der Waals surface area contributed by atoms with Gasteiger partial charge in [0.05, 0.1) is 6.54 Å². The number of hydrogen-bond donors (Lipinski definition) is 2. The fraction of sp³-hybridized carbons (Fsp3) is 0.200. The molecule has 6 heteroatoms. The summed E-state index contributed by atoms with van der Waals surface area (Å²) < 4.78 is 4.85. The molecule has 0 saturated heterocycles. The van der Waals surface area contributed by atoms with E-state index in [1.807, 2.05) is 11.4 Å². The van der Waals surface area contributed by atoms with Crippen molar-refractivity contribution in [2.75, 3.05) is 0 Å². The van der Waals surface area contributed by atoms with E-state index in [1.54, 1.807) is 11.3 Å². The summed E-state index contributed by atoms with van der Waals surface area (Å²) in [6.07, 6.45) is 0. The summed E-state index contributed by atoms with van der Waals surface area (Å²) in [4.78, 5) is 10.5. The maximum absolute atomic E-state index is 10.5. The number of rotatable bonds is 5. The molecule has 2 rings (SSSR count). The van der Waals surface area contributed by atoms with Gasteiger partial charge in [0.1, 0.15) is 0 Å². The Bertz CT molecular complexity index is 464. The fourth-order valence-corrected chi connectivity index (χ4v) is 1.89. The van der Waals surface area contributed by atoms with Gasteiger partial charge in [0.2, 0.25) is 0 Å². The van der Waals surface area contributed by atoms with Crippen molar-refractivity contribution in [3.05, 3.63) is 39.9 Å². The maximum Gasteiger partial charge on any atom is 0.358 e. The van der Waals surface area contributed by atoms with Gasteiger partial charge in [0.25, 0.3) is 0 Å². The van der Waals surface area contributed by atoms with Crippen LogP contribution in [0.25, 0.3) is 0 Å². The van der Waals surface area contributed by atoms with Gasteiger partial charge in [-0.2, -0.15) is 11.3 Å². The number of thiophene rings is 1. The molecule has 16 heavy (non-hydrogen) atoms. The van der Waals surface area contributed by atoms with Crippen molar-refractivity contribution in [2.24, 2.45) is 0 Å². The lowest BCUT2D eigenvalue weighted by Crippen LogP contribution is -2.11. The van der Waals surface area contributed by atoms with Crippen molar-refractivity contribution < 1.29 is 14.4 Å². The van der Waals surface area contributed by atoms with Gasteiger partial charge >= 0.3 is 5.97 Å². The normalized spacial score (nSPS) is 10.5. The van der Waals surface area contributed by atoms with Crippen LogP contribution in [0.2, 0.25) is 0 Å². The second-order valence-corrected chi connectivity index (χ2v) is 4.00. The molecule has 2 aromatic heterocycles. The van der Waals surface area contributed by atoms with Gasteiger partial charge in [0.15, 0.2) is 11.5 Å². The van der Waals surface area contributed by atoms with Gasteiger partial charge in [-0.3, -0.25) is 0 Å². The molecule has 0 bridgehead atoms. The first-order valence-corrected chi connectivity index (χ1v) is 5.60. The van der Waals surface area contributed by atoms with Crippen LogP contribution in [0.1, 0.15) is 21.8 Å². The highest BCUT2D eigenvalue weighted by molar-refractivity contribution is 7.07. The van der Waals surface area contributed by atoms with Gasteiger partial charge in [-0.25, -0.2) is 4.79 Å². The first-order valence-electron chi connectivity index (χ1n) is 4.66. The van der Waals surface area contributed by atoms with Crippen LogP contribution in [0.4, 0.5) is 0 Å². The van der Waals surface area contributed by atoms with E-state index < -0.39 is 5.97 Å². The van der Waals surface area contributed by atoms with Crippen molar-refractivity contribution in [1.82, 2.24) is 10.5 Å².